The molecule has 0 spiro atoms. The molecule has 0 aromatic rings. The summed E-state index contributed by atoms with van der Waals surface area (Å²) >= 11 is 0. The highest BCUT2D eigenvalue weighted by molar-refractivity contribution is 7.89. The van der Waals surface area contributed by atoms with Crippen molar-refractivity contribution < 1.29 is 27.9 Å². The Morgan fingerprint density at radius 2 is 2.06 bits per heavy atom. The molecule has 0 saturated heterocycles. The molecular formula is C8H11NO6S. The molecule has 0 unspecified atom stereocenters. The Balaban J connectivity index is 4.83. The lowest BCUT2D eigenvalue weighted by molar-refractivity contribution is -0.138. The number of carboxylic acids is 1. The van der Waals surface area contributed by atoms with E-state index in [9.17, 15) is 18.0 Å². The normalized spacial score (nSPS) is 10.8. The van der Waals surface area contributed by atoms with Crippen LogP contribution in [0.1, 0.15) is 0 Å². The first-order valence-corrected chi connectivity index (χ1v) is 5.64. The van der Waals surface area contributed by atoms with E-state index < -0.39 is 40.8 Å². The lowest BCUT2D eigenvalue weighted by Crippen LogP contribution is -2.39. The Hall–Kier alpha value is -1.59. The number of nitrogens with zero attached hydrogens (tertiary/aromatic N) is 1. The van der Waals surface area contributed by atoms with E-state index in [4.69, 9.17) is 11.5 Å². The maximum atomic E-state index is 11.5. The Morgan fingerprint density at radius 3 is 2.44 bits per heavy atom. The van der Waals surface area contributed by atoms with Crippen LogP contribution in [0, 0.1) is 12.3 Å². The van der Waals surface area contributed by atoms with Gasteiger partial charge in [0.25, 0.3) is 0 Å². The van der Waals surface area contributed by atoms with Crippen molar-refractivity contribution in [3.63, 3.8) is 0 Å². The first-order chi connectivity index (χ1) is 7.33. The second kappa shape index (κ2) is 6.09. The van der Waals surface area contributed by atoms with Gasteiger partial charge in [-0.2, -0.15) is 4.31 Å². The molecule has 7 nitrogen and oxygen atoms in total. The fourth-order valence-electron chi connectivity index (χ4n) is 0.804. The van der Waals surface area contributed by atoms with Crippen molar-refractivity contribution >= 4 is 22.0 Å². The average molecular weight is 249 g/mol. The van der Waals surface area contributed by atoms with Crippen molar-refractivity contribution in [1.82, 2.24) is 4.31 Å². The van der Waals surface area contributed by atoms with Crippen LogP contribution in [-0.4, -0.2) is 55.7 Å². The molecule has 0 aromatic heterocycles. The van der Waals surface area contributed by atoms with Gasteiger partial charge in [0.05, 0.1) is 13.7 Å². The third-order valence-corrected chi connectivity index (χ3v) is 3.15. The summed E-state index contributed by atoms with van der Waals surface area (Å²) in [7, 11) is -3.03. The van der Waals surface area contributed by atoms with Crippen molar-refractivity contribution in [1.29, 1.82) is 0 Å². The van der Waals surface area contributed by atoms with Crippen molar-refractivity contribution in [2.24, 2.45) is 0 Å². The predicted molar refractivity (Wildman–Crippen MR) is 53.8 cm³/mol. The van der Waals surface area contributed by atoms with Crippen molar-refractivity contribution in [2.75, 3.05) is 26.0 Å². The average Bonchev–Trinajstić information content (AvgIpc) is 2.15. The molecule has 16 heavy (non-hydrogen) atoms. The first kappa shape index (κ1) is 14.4. The molecule has 90 valence electrons. The van der Waals surface area contributed by atoms with E-state index in [-0.39, 0.29) is 0 Å². The van der Waals surface area contributed by atoms with Crippen LogP contribution in [-0.2, 0) is 24.3 Å². The van der Waals surface area contributed by atoms with Crippen LogP contribution in [0.5, 0.6) is 0 Å². The van der Waals surface area contributed by atoms with Crippen LogP contribution in [0.4, 0.5) is 0 Å². The van der Waals surface area contributed by atoms with E-state index in [1.54, 1.807) is 0 Å². The molecular weight excluding hydrogens is 238 g/mol. The highest BCUT2D eigenvalue weighted by atomic mass is 32.2. The number of carboxylic acid groups (broad SMARTS) is 1. The fourth-order valence-corrected chi connectivity index (χ4v) is 1.98. The number of sulfonamides is 1. The summed E-state index contributed by atoms with van der Waals surface area (Å²) in [5.74, 6) is -1.27. The predicted octanol–water partition coefficient (Wildman–Crippen LogP) is -1.49. The van der Waals surface area contributed by atoms with Gasteiger partial charge in [-0.3, -0.25) is 9.59 Å². The highest BCUT2D eigenvalue weighted by Crippen LogP contribution is 2.01. The minimum Gasteiger partial charge on any atom is -0.480 e. The minimum absolute atomic E-state index is 0.411. The largest absolute Gasteiger partial charge is 0.480 e. The van der Waals surface area contributed by atoms with Crippen LogP contribution in [0.15, 0.2) is 0 Å². The summed E-state index contributed by atoms with van der Waals surface area (Å²) in [5.41, 5.74) is 0. The number of carbonyl (C=O) groups excluding carboxylic acids is 1. The number of esters is 1. The molecule has 0 aliphatic carbocycles. The lowest BCUT2D eigenvalue weighted by atomic mass is 10.6. The molecule has 0 aliphatic heterocycles. The zero-order valence-electron chi connectivity index (χ0n) is 8.54. The van der Waals surface area contributed by atoms with Gasteiger partial charge < -0.3 is 9.84 Å². The highest BCUT2D eigenvalue weighted by Gasteiger charge is 2.26. The maximum Gasteiger partial charge on any atom is 0.322 e. The summed E-state index contributed by atoms with van der Waals surface area (Å²) in [4.78, 5) is 21.2. The van der Waals surface area contributed by atoms with E-state index in [0.29, 0.717) is 4.31 Å². The van der Waals surface area contributed by atoms with Gasteiger partial charge in [-0.15, -0.1) is 6.42 Å². The zero-order valence-corrected chi connectivity index (χ0v) is 9.36. The topological polar surface area (TPSA) is 101 Å². The van der Waals surface area contributed by atoms with Gasteiger partial charge in [0.2, 0.25) is 10.0 Å². The van der Waals surface area contributed by atoms with Crippen LogP contribution in [0.2, 0.25) is 0 Å². The molecule has 0 aromatic carbocycles. The van der Waals surface area contributed by atoms with Gasteiger partial charge in [-0.25, -0.2) is 8.42 Å². The van der Waals surface area contributed by atoms with Gasteiger partial charge >= 0.3 is 11.9 Å². The Kier molecular flexibility index (Phi) is 5.49. The number of carbonyl (C=O) groups is 2. The summed E-state index contributed by atoms with van der Waals surface area (Å²) in [5, 5.41) is 8.47. The number of hydrogen-bond donors (Lipinski definition) is 1. The smallest absolute Gasteiger partial charge is 0.322 e. The van der Waals surface area contributed by atoms with Gasteiger partial charge in [0, 0.05) is 0 Å². The number of aliphatic carboxylic acids is 1. The second-order valence-electron chi connectivity index (χ2n) is 2.70. The minimum atomic E-state index is -4.06. The molecule has 0 bridgehead atoms. The number of hydrogen-bond acceptors (Lipinski definition) is 5. The first-order valence-electron chi connectivity index (χ1n) is 4.03. The van der Waals surface area contributed by atoms with Crippen molar-refractivity contribution in [3.8, 4) is 12.3 Å². The molecule has 0 saturated carbocycles. The van der Waals surface area contributed by atoms with Crippen LogP contribution in [0.3, 0.4) is 0 Å². The number of terminal acetylenes is 1. The quantitative estimate of drug-likeness (QED) is 0.454. The van der Waals surface area contributed by atoms with Gasteiger partial charge in [-0.1, -0.05) is 5.92 Å². The second-order valence-corrected chi connectivity index (χ2v) is 4.67. The van der Waals surface area contributed by atoms with Gasteiger partial charge in [0.15, 0.2) is 5.75 Å². The van der Waals surface area contributed by atoms with E-state index in [1.807, 2.05) is 5.92 Å². The van der Waals surface area contributed by atoms with E-state index in [0.717, 1.165) is 7.11 Å². The Morgan fingerprint density at radius 1 is 1.50 bits per heavy atom. The monoisotopic (exact) mass is 249 g/mol. The molecule has 0 radical (unpaired) electrons. The SMILES string of the molecule is C#CCN(CC(=O)O)S(=O)(=O)CC(=O)OC. The van der Waals surface area contributed by atoms with Crippen molar-refractivity contribution in [3.05, 3.63) is 0 Å². The van der Waals surface area contributed by atoms with E-state index in [2.05, 4.69) is 4.74 Å². The summed E-state index contributed by atoms with van der Waals surface area (Å²) in [6.45, 7) is -1.20. The molecule has 8 heteroatoms. The van der Waals surface area contributed by atoms with Gasteiger partial charge in [0.1, 0.15) is 6.54 Å². The molecule has 0 atom stereocenters. The van der Waals surface area contributed by atoms with Crippen molar-refractivity contribution in [2.45, 2.75) is 0 Å². The summed E-state index contributed by atoms with van der Waals surface area (Å²) in [6, 6.07) is 0. The third kappa shape index (κ3) is 4.77. The van der Waals surface area contributed by atoms with E-state index in [1.165, 1.54) is 0 Å². The van der Waals surface area contributed by atoms with Crippen LogP contribution < -0.4 is 0 Å². The Bertz CT molecular complexity index is 407. The number of methoxy groups -OCH3 is 1. The molecule has 0 rings (SSSR count). The summed E-state index contributed by atoms with van der Waals surface area (Å²) in [6.07, 6.45) is 4.90. The third-order valence-electron chi connectivity index (χ3n) is 1.50. The number of ether oxygens (including phenoxy) is 1. The van der Waals surface area contributed by atoms with E-state index >= 15 is 0 Å². The molecule has 0 heterocycles. The zero-order chi connectivity index (χ0) is 12.8. The molecule has 0 aliphatic rings. The van der Waals surface area contributed by atoms with Gasteiger partial charge in [-0.05, 0) is 0 Å². The number of rotatable bonds is 6. The fraction of sp³-hybridized carbons (Fsp3) is 0.500. The molecule has 0 amide bonds. The maximum absolute atomic E-state index is 11.5. The lowest BCUT2D eigenvalue weighted by Gasteiger charge is -2.16. The Labute approximate surface area is 93.0 Å². The molecule has 1 N–H and O–H groups in total. The van der Waals surface area contributed by atoms with Crippen LogP contribution in [0.25, 0.3) is 0 Å². The molecule has 0 fully saturated rings. The summed E-state index contributed by atoms with van der Waals surface area (Å²) < 4.78 is 27.7. The van der Waals surface area contributed by atoms with Crippen LogP contribution >= 0.6 is 0 Å². The standard InChI is InChI=1S/C8H11NO6S/c1-3-4-9(5-7(10)11)16(13,14)6-8(12)15-2/h1H,4-6H2,2H3,(H,10,11).